The van der Waals surface area contributed by atoms with Crippen molar-refractivity contribution in [2.24, 2.45) is 0 Å². The molecule has 4 aromatic rings. The molecular formula is C25H23ClFN3O3. The van der Waals surface area contributed by atoms with E-state index in [4.69, 9.17) is 20.8 Å². The van der Waals surface area contributed by atoms with E-state index in [1.54, 1.807) is 30.3 Å². The Hall–Kier alpha value is -3.58. The molecule has 1 amide bonds. The molecule has 0 spiro atoms. The molecule has 2 aromatic carbocycles. The number of carbonyl (C=O) groups excluding carboxylic acids is 1. The number of anilines is 1. The van der Waals surface area contributed by atoms with Crippen LogP contribution in [0.3, 0.4) is 0 Å². The molecule has 0 bridgehead atoms. The normalized spacial score (nSPS) is 10.9. The van der Waals surface area contributed by atoms with Gasteiger partial charge in [0.05, 0.1) is 6.54 Å². The van der Waals surface area contributed by atoms with Crippen LogP contribution in [0.1, 0.15) is 40.8 Å². The molecule has 0 aliphatic heterocycles. The second-order valence-corrected chi connectivity index (χ2v) is 7.92. The first-order chi connectivity index (χ1) is 16.0. The van der Waals surface area contributed by atoms with Gasteiger partial charge in [0.15, 0.2) is 11.6 Å². The molecule has 0 saturated carbocycles. The number of aryl methyl sites for hydroxylation is 1. The fraction of sp³-hybridized carbons (Fsp3) is 0.200. The lowest BCUT2D eigenvalue weighted by Crippen LogP contribution is -2.12. The lowest BCUT2D eigenvalue weighted by Gasteiger charge is -2.05. The van der Waals surface area contributed by atoms with Crippen molar-refractivity contribution in [1.29, 1.82) is 0 Å². The molecule has 0 radical (unpaired) electrons. The van der Waals surface area contributed by atoms with Gasteiger partial charge in [-0.15, -0.1) is 0 Å². The van der Waals surface area contributed by atoms with Crippen molar-refractivity contribution < 1.29 is 18.3 Å². The Morgan fingerprint density at radius 1 is 1.15 bits per heavy atom. The molecule has 0 aliphatic rings. The Morgan fingerprint density at radius 2 is 1.94 bits per heavy atom. The number of rotatable bonds is 9. The van der Waals surface area contributed by atoms with Crippen LogP contribution in [0.5, 0.6) is 5.75 Å². The number of aromatic nitrogens is 2. The third kappa shape index (κ3) is 5.81. The lowest BCUT2D eigenvalue weighted by atomic mass is 10.1. The van der Waals surface area contributed by atoms with Crippen LogP contribution in [0.4, 0.5) is 10.2 Å². The van der Waals surface area contributed by atoms with Gasteiger partial charge in [-0.1, -0.05) is 55.3 Å². The van der Waals surface area contributed by atoms with Gasteiger partial charge >= 0.3 is 0 Å². The number of amides is 1. The largest absolute Gasteiger partial charge is 0.486 e. The highest BCUT2D eigenvalue weighted by molar-refractivity contribution is 6.33. The Kier molecular flexibility index (Phi) is 7.10. The average Bonchev–Trinajstić information content (AvgIpc) is 3.42. The van der Waals surface area contributed by atoms with Crippen LogP contribution in [0, 0.1) is 5.82 Å². The van der Waals surface area contributed by atoms with E-state index in [0.717, 1.165) is 18.6 Å². The van der Waals surface area contributed by atoms with Crippen molar-refractivity contribution in [2.45, 2.75) is 32.9 Å². The van der Waals surface area contributed by atoms with Crippen LogP contribution >= 0.6 is 11.6 Å². The fourth-order valence-corrected chi connectivity index (χ4v) is 3.50. The highest BCUT2D eigenvalue weighted by atomic mass is 35.5. The number of carbonyl (C=O) groups is 1. The SMILES string of the molecule is CCCc1ccc(OCc2ccc(C(=O)Nc3nn(Cc4ccccc4F)cc3Cl)o2)cc1. The minimum Gasteiger partial charge on any atom is -0.486 e. The van der Waals surface area contributed by atoms with Crippen molar-refractivity contribution >= 4 is 23.3 Å². The second kappa shape index (κ2) is 10.4. The summed E-state index contributed by atoms with van der Waals surface area (Å²) in [6.07, 6.45) is 3.65. The van der Waals surface area contributed by atoms with Gasteiger partial charge in [-0.05, 0) is 42.3 Å². The molecular weight excluding hydrogens is 445 g/mol. The summed E-state index contributed by atoms with van der Waals surface area (Å²) in [6.45, 7) is 2.52. The quantitative estimate of drug-likeness (QED) is 0.323. The number of furan rings is 1. The van der Waals surface area contributed by atoms with Crippen molar-refractivity contribution in [2.75, 3.05) is 5.32 Å². The molecule has 0 unspecified atom stereocenters. The summed E-state index contributed by atoms with van der Waals surface area (Å²) in [4.78, 5) is 12.6. The number of halogens is 2. The van der Waals surface area contributed by atoms with Crippen LogP contribution in [0.2, 0.25) is 5.02 Å². The maximum atomic E-state index is 13.9. The number of nitrogens with one attached hydrogen (secondary N) is 1. The van der Waals surface area contributed by atoms with Crippen LogP contribution in [0.25, 0.3) is 0 Å². The Morgan fingerprint density at radius 3 is 2.70 bits per heavy atom. The van der Waals surface area contributed by atoms with E-state index in [1.165, 1.54) is 22.5 Å². The molecule has 4 rings (SSSR count). The van der Waals surface area contributed by atoms with Crippen molar-refractivity contribution in [1.82, 2.24) is 9.78 Å². The maximum absolute atomic E-state index is 13.9. The molecule has 0 aliphatic carbocycles. The minimum absolute atomic E-state index is 0.103. The summed E-state index contributed by atoms with van der Waals surface area (Å²) in [6, 6.07) is 17.5. The average molecular weight is 468 g/mol. The van der Waals surface area contributed by atoms with Crippen LogP contribution in [-0.2, 0) is 19.6 Å². The van der Waals surface area contributed by atoms with E-state index in [1.807, 2.05) is 24.3 Å². The molecule has 0 atom stereocenters. The van der Waals surface area contributed by atoms with Crippen molar-refractivity contribution in [3.8, 4) is 5.75 Å². The predicted molar refractivity (Wildman–Crippen MR) is 124 cm³/mol. The molecule has 1 N–H and O–H groups in total. The highest BCUT2D eigenvalue weighted by Gasteiger charge is 2.16. The Labute approximate surface area is 195 Å². The minimum atomic E-state index is -0.497. The summed E-state index contributed by atoms with van der Waals surface area (Å²) in [5.41, 5.74) is 1.72. The first-order valence-electron chi connectivity index (χ1n) is 10.6. The Bertz CT molecular complexity index is 1230. The van der Waals surface area contributed by atoms with E-state index in [9.17, 15) is 9.18 Å². The summed E-state index contributed by atoms with van der Waals surface area (Å²) in [5.74, 6) is 0.671. The number of benzene rings is 2. The van der Waals surface area contributed by atoms with Crippen LogP contribution < -0.4 is 10.1 Å². The van der Waals surface area contributed by atoms with Gasteiger partial charge in [-0.3, -0.25) is 9.48 Å². The van der Waals surface area contributed by atoms with Crippen molar-refractivity contribution in [3.05, 3.63) is 100 Å². The number of hydrogen-bond acceptors (Lipinski definition) is 4. The molecule has 0 fully saturated rings. The smallest absolute Gasteiger partial charge is 0.292 e. The monoisotopic (exact) mass is 467 g/mol. The zero-order chi connectivity index (χ0) is 23.2. The van der Waals surface area contributed by atoms with Gasteiger partial charge < -0.3 is 14.5 Å². The maximum Gasteiger partial charge on any atom is 0.292 e. The molecule has 170 valence electrons. The van der Waals surface area contributed by atoms with Crippen LogP contribution in [0.15, 0.2) is 71.3 Å². The third-order valence-corrected chi connectivity index (χ3v) is 5.24. The zero-order valence-corrected chi connectivity index (χ0v) is 18.8. The standard InChI is InChI=1S/C25H23ClFN3O3/c1-2-5-17-8-10-19(11-9-17)32-16-20-12-13-23(33-20)25(31)28-24-21(26)15-30(29-24)14-18-6-3-4-7-22(18)27/h3-4,6-13,15H,2,5,14,16H2,1H3,(H,28,29,31). The van der Waals surface area contributed by atoms with E-state index in [2.05, 4.69) is 17.3 Å². The van der Waals surface area contributed by atoms with Gasteiger partial charge in [0, 0.05) is 11.8 Å². The topological polar surface area (TPSA) is 69.3 Å². The summed E-state index contributed by atoms with van der Waals surface area (Å²) in [7, 11) is 0. The lowest BCUT2D eigenvalue weighted by molar-refractivity contribution is 0.0992. The summed E-state index contributed by atoms with van der Waals surface area (Å²) < 4.78 is 26.7. The molecule has 8 heteroatoms. The summed E-state index contributed by atoms with van der Waals surface area (Å²) >= 11 is 6.19. The van der Waals surface area contributed by atoms with Gasteiger partial charge in [0.25, 0.3) is 5.91 Å². The molecule has 33 heavy (non-hydrogen) atoms. The third-order valence-electron chi connectivity index (χ3n) is 4.97. The number of ether oxygens (including phenoxy) is 1. The van der Waals surface area contributed by atoms with E-state index in [0.29, 0.717) is 11.3 Å². The number of nitrogens with zero attached hydrogens (tertiary/aromatic N) is 2. The molecule has 0 saturated heterocycles. The molecule has 2 aromatic heterocycles. The van der Waals surface area contributed by atoms with Gasteiger partial charge in [-0.2, -0.15) is 5.10 Å². The first-order valence-corrected chi connectivity index (χ1v) is 11.0. The summed E-state index contributed by atoms with van der Waals surface area (Å²) in [5, 5.41) is 7.09. The Balaban J connectivity index is 1.35. The molecule has 6 nitrogen and oxygen atoms in total. The second-order valence-electron chi connectivity index (χ2n) is 7.52. The van der Waals surface area contributed by atoms with E-state index < -0.39 is 5.91 Å². The zero-order valence-electron chi connectivity index (χ0n) is 18.1. The van der Waals surface area contributed by atoms with Gasteiger partial charge in [-0.25, -0.2) is 4.39 Å². The first kappa shape index (κ1) is 22.6. The van der Waals surface area contributed by atoms with E-state index >= 15 is 0 Å². The highest BCUT2D eigenvalue weighted by Crippen LogP contribution is 2.22. The van der Waals surface area contributed by atoms with Gasteiger partial charge in [0.1, 0.15) is 29.0 Å². The molecule has 2 heterocycles. The fourth-order valence-electron chi connectivity index (χ4n) is 3.31. The van der Waals surface area contributed by atoms with Crippen molar-refractivity contribution in [3.63, 3.8) is 0 Å². The van der Waals surface area contributed by atoms with Crippen LogP contribution in [-0.4, -0.2) is 15.7 Å². The predicted octanol–water partition coefficient (Wildman–Crippen LogP) is 6.10. The number of hydrogen-bond donors (Lipinski definition) is 1. The van der Waals surface area contributed by atoms with Gasteiger partial charge in [0.2, 0.25) is 0 Å². The van der Waals surface area contributed by atoms with E-state index in [-0.39, 0.29) is 35.6 Å².